The summed E-state index contributed by atoms with van der Waals surface area (Å²) in [7, 11) is 0. The predicted octanol–water partition coefficient (Wildman–Crippen LogP) is 3.21. The number of furan rings is 1. The number of carbonyl (C=O) groups is 1. The Hall–Kier alpha value is -2.08. The van der Waals surface area contributed by atoms with Crippen molar-refractivity contribution in [1.29, 1.82) is 0 Å². The largest absolute Gasteiger partial charge is 0.457 e. The number of fused-ring (bicyclic) bond motifs is 1. The summed E-state index contributed by atoms with van der Waals surface area (Å²) in [5.74, 6) is -0.133. The predicted molar refractivity (Wildman–Crippen MR) is 83.1 cm³/mol. The number of aryl methyl sites for hydroxylation is 1. The Morgan fingerprint density at radius 3 is 3.00 bits per heavy atom. The Labute approximate surface area is 130 Å². The second kappa shape index (κ2) is 6.13. The van der Waals surface area contributed by atoms with Gasteiger partial charge in [-0.3, -0.25) is 4.79 Å². The third kappa shape index (κ3) is 3.00. The van der Waals surface area contributed by atoms with Gasteiger partial charge >= 0.3 is 0 Å². The van der Waals surface area contributed by atoms with Crippen LogP contribution >= 0.6 is 15.9 Å². The van der Waals surface area contributed by atoms with Crippen molar-refractivity contribution in [2.45, 2.75) is 13.0 Å². The van der Waals surface area contributed by atoms with Crippen molar-refractivity contribution in [3.8, 4) is 0 Å². The lowest BCUT2D eigenvalue weighted by Gasteiger charge is -2.06. The number of para-hydroxylation sites is 2. The molecule has 0 spiro atoms. The molecule has 0 aliphatic carbocycles. The average Bonchev–Trinajstić information content (AvgIpc) is 3.10. The first-order valence-electron chi connectivity index (χ1n) is 6.67. The summed E-state index contributed by atoms with van der Waals surface area (Å²) in [6.45, 7) is 1.41. The van der Waals surface area contributed by atoms with Gasteiger partial charge in [0.1, 0.15) is 0 Å². The summed E-state index contributed by atoms with van der Waals surface area (Å²) in [6, 6.07) is 9.65. The van der Waals surface area contributed by atoms with E-state index in [1.54, 1.807) is 6.07 Å². The number of halogens is 1. The first-order chi connectivity index (χ1) is 10.3. The third-order valence-electron chi connectivity index (χ3n) is 3.25. The van der Waals surface area contributed by atoms with Crippen LogP contribution in [0.5, 0.6) is 0 Å². The van der Waals surface area contributed by atoms with Crippen LogP contribution < -0.4 is 5.32 Å². The summed E-state index contributed by atoms with van der Waals surface area (Å²) in [5, 5.41) is 2.87. The fourth-order valence-electron chi connectivity index (χ4n) is 2.19. The molecule has 21 heavy (non-hydrogen) atoms. The maximum atomic E-state index is 11.9. The van der Waals surface area contributed by atoms with Gasteiger partial charge in [-0.25, -0.2) is 4.98 Å². The van der Waals surface area contributed by atoms with Gasteiger partial charge in [-0.1, -0.05) is 12.1 Å². The molecule has 0 atom stereocenters. The van der Waals surface area contributed by atoms with Crippen molar-refractivity contribution >= 4 is 32.9 Å². The van der Waals surface area contributed by atoms with Crippen molar-refractivity contribution in [3.63, 3.8) is 0 Å². The standard InChI is InChI=1S/C15H14BrN3O2/c16-14-11(6-9-21-14)15(20)17-7-3-8-19-10-18-12-4-1-2-5-13(12)19/h1-2,4-6,9-10H,3,7-8H2,(H,17,20). The van der Waals surface area contributed by atoms with E-state index in [0.29, 0.717) is 16.8 Å². The third-order valence-corrected chi connectivity index (χ3v) is 3.87. The summed E-state index contributed by atoms with van der Waals surface area (Å²) in [6.07, 6.45) is 4.15. The molecular weight excluding hydrogens is 334 g/mol. The number of benzene rings is 1. The lowest BCUT2D eigenvalue weighted by molar-refractivity contribution is 0.0951. The topological polar surface area (TPSA) is 60.1 Å². The molecule has 3 rings (SSSR count). The van der Waals surface area contributed by atoms with E-state index in [1.165, 1.54) is 6.26 Å². The van der Waals surface area contributed by atoms with Gasteiger partial charge in [0.2, 0.25) is 0 Å². The molecule has 0 saturated heterocycles. The average molecular weight is 348 g/mol. The van der Waals surface area contributed by atoms with Gasteiger partial charge < -0.3 is 14.3 Å². The molecular formula is C15H14BrN3O2. The molecule has 108 valence electrons. The Morgan fingerprint density at radius 1 is 1.33 bits per heavy atom. The fraction of sp³-hybridized carbons (Fsp3) is 0.200. The van der Waals surface area contributed by atoms with E-state index >= 15 is 0 Å². The molecule has 1 amide bonds. The highest BCUT2D eigenvalue weighted by Crippen LogP contribution is 2.17. The van der Waals surface area contributed by atoms with E-state index in [1.807, 2.05) is 30.6 Å². The lowest BCUT2D eigenvalue weighted by atomic mass is 10.3. The number of imidazole rings is 1. The molecule has 6 heteroatoms. The maximum absolute atomic E-state index is 11.9. The minimum absolute atomic E-state index is 0.133. The maximum Gasteiger partial charge on any atom is 0.255 e. The Balaban J connectivity index is 1.53. The molecule has 0 aliphatic heterocycles. The molecule has 0 fully saturated rings. The second-order valence-electron chi connectivity index (χ2n) is 4.64. The van der Waals surface area contributed by atoms with Gasteiger partial charge in [0.15, 0.2) is 4.67 Å². The van der Waals surface area contributed by atoms with Crippen LogP contribution in [0.3, 0.4) is 0 Å². The number of carbonyl (C=O) groups excluding carboxylic acids is 1. The zero-order valence-corrected chi connectivity index (χ0v) is 12.8. The van der Waals surface area contributed by atoms with Crippen LogP contribution in [0.25, 0.3) is 11.0 Å². The van der Waals surface area contributed by atoms with Crippen molar-refractivity contribution in [3.05, 3.63) is 53.2 Å². The summed E-state index contributed by atoms with van der Waals surface area (Å²) in [5.41, 5.74) is 2.62. The molecule has 0 unspecified atom stereocenters. The van der Waals surface area contributed by atoms with Crippen molar-refractivity contribution in [2.24, 2.45) is 0 Å². The number of amides is 1. The van der Waals surface area contributed by atoms with Gasteiger partial charge in [0.05, 0.1) is 29.2 Å². The smallest absolute Gasteiger partial charge is 0.255 e. The van der Waals surface area contributed by atoms with Gasteiger partial charge in [0, 0.05) is 13.1 Å². The van der Waals surface area contributed by atoms with E-state index in [0.717, 1.165) is 24.0 Å². The van der Waals surface area contributed by atoms with Crippen LogP contribution in [0.2, 0.25) is 0 Å². The number of rotatable bonds is 5. The molecule has 1 N–H and O–H groups in total. The highest BCUT2D eigenvalue weighted by molar-refractivity contribution is 9.10. The van der Waals surface area contributed by atoms with Crippen molar-refractivity contribution < 1.29 is 9.21 Å². The van der Waals surface area contributed by atoms with Crippen molar-refractivity contribution in [2.75, 3.05) is 6.54 Å². The molecule has 0 aliphatic rings. The summed E-state index contributed by atoms with van der Waals surface area (Å²) < 4.78 is 7.59. The van der Waals surface area contributed by atoms with Gasteiger partial charge in [-0.05, 0) is 40.5 Å². The first-order valence-corrected chi connectivity index (χ1v) is 7.46. The second-order valence-corrected chi connectivity index (χ2v) is 5.36. The van der Waals surface area contributed by atoms with E-state index in [4.69, 9.17) is 4.42 Å². The molecule has 0 saturated carbocycles. The van der Waals surface area contributed by atoms with Gasteiger partial charge in [-0.15, -0.1) is 0 Å². The first kappa shape index (κ1) is 13.9. The van der Waals surface area contributed by atoms with Gasteiger partial charge in [-0.2, -0.15) is 0 Å². The van der Waals surface area contributed by atoms with Crippen LogP contribution in [0.15, 0.2) is 52.0 Å². The number of nitrogens with one attached hydrogen (secondary N) is 1. The Kier molecular flexibility index (Phi) is 4.06. The van der Waals surface area contributed by atoms with E-state index < -0.39 is 0 Å². The summed E-state index contributed by atoms with van der Waals surface area (Å²) in [4.78, 5) is 16.2. The molecule has 2 aromatic heterocycles. The molecule has 2 heterocycles. The van der Waals surface area contributed by atoms with E-state index in [-0.39, 0.29) is 5.91 Å². The van der Waals surface area contributed by atoms with Crippen LogP contribution in [0, 0.1) is 0 Å². The normalized spacial score (nSPS) is 10.9. The molecule has 5 nitrogen and oxygen atoms in total. The van der Waals surface area contributed by atoms with E-state index in [2.05, 4.69) is 30.8 Å². The van der Waals surface area contributed by atoms with Crippen LogP contribution in [0.1, 0.15) is 16.8 Å². The number of aromatic nitrogens is 2. The Morgan fingerprint density at radius 2 is 2.19 bits per heavy atom. The monoisotopic (exact) mass is 347 g/mol. The van der Waals surface area contributed by atoms with Crippen LogP contribution in [-0.4, -0.2) is 22.0 Å². The SMILES string of the molecule is O=C(NCCCn1cnc2ccccc21)c1ccoc1Br. The summed E-state index contributed by atoms with van der Waals surface area (Å²) >= 11 is 3.19. The van der Waals surface area contributed by atoms with Gasteiger partial charge in [0.25, 0.3) is 5.91 Å². The van der Waals surface area contributed by atoms with Crippen LogP contribution in [-0.2, 0) is 6.54 Å². The zero-order chi connectivity index (χ0) is 14.7. The zero-order valence-electron chi connectivity index (χ0n) is 11.3. The minimum atomic E-state index is -0.133. The van der Waals surface area contributed by atoms with E-state index in [9.17, 15) is 4.79 Å². The highest BCUT2D eigenvalue weighted by atomic mass is 79.9. The molecule has 0 bridgehead atoms. The lowest BCUT2D eigenvalue weighted by Crippen LogP contribution is -2.25. The highest BCUT2D eigenvalue weighted by Gasteiger charge is 2.11. The number of hydrogen-bond donors (Lipinski definition) is 1. The number of nitrogens with zero attached hydrogens (tertiary/aromatic N) is 2. The molecule has 3 aromatic rings. The van der Waals surface area contributed by atoms with Crippen molar-refractivity contribution in [1.82, 2.24) is 14.9 Å². The number of hydrogen-bond acceptors (Lipinski definition) is 3. The quantitative estimate of drug-likeness (QED) is 0.721. The Bertz CT molecular complexity index is 763. The molecule has 1 aromatic carbocycles. The fourth-order valence-corrected chi connectivity index (χ4v) is 2.61. The minimum Gasteiger partial charge on any atom is -0.457 e. The molecule has 0 radical (unpaired) electrons. The van der Waals surface area contributed by atoms with Crippen LogP contribution in [0.4, 0.5) is 0 Å².